The van der Waals surface area contributed by atoms with Crippen LogP contribution in [-0.2, 0) is 10.2 Å². The van der Waals surface area contributed by atoms with Crippen LogP contribution in [0.15, 0.2) is 47.1 Å². The summed E-state index contributed by atoms with van der Waals surface area (Å²) in [6, 6.07) is 9.31. The normalized spacial score (nSPS) is 36.9. The van der Waals surface area contributed by atoms with E-state index in [-0.39, 0.29) is 24.0 Å². The van der Waals surface area contributed by atoms with Crippen molar-refractivity contribution in [2.75, 3.05) is 24.6 Å². The van der Waals surface area contributed by atoms with Gasteiger partial charge in [-0.1, -0.05) is 24.3 Å². The lowest BCUT2D eigenvalue weighted by Gasteiger charge is -2.52. The third-order valence-corrected chi connectivity index (χ3v) is 7.35. The zero-order valence-electron chi connectivity index (χ0n) is 14.2. The summed E-state index contributed by atoms with van der Waals surface area (Å²) in [6.07, 6.45) is 5.70. The number of aliphatic hydroxyl groups excluding tert-OH is 1. The largest absolute Gasteiger partial charge is 0.392 e. The van der Waals surface area contributed by atoms with E-state index in [1.165, 1.54) is 22.3 Å². The highest BCUT2D eigenvalue weighted by atomic mass is 16.2. The molecule has 3 fully saturated rings. The molecular weight excluding hydrogens is 312 g/mol. The molecule has 25 heavy (non-hydrogen) atoms. The SMILES string of the molecule is O=C1CCC2=C3C[C@@H]4N(CC[C@@]45c4ccccc4N1[C@@H]25)C/C3=C/CO. The molecule has 0 radical (unpaired) electrons. The summed E-state index contributed by atoms with van der Waals surface area (Å²) in [5.74, 6) is 0.282. The van der Waals surface area contributed by atoms with Gasteiger partial charge in [0.15, 0.2) is 0 Å². The van der Waals surface area contributed by atoms with Crippen molar-refractivity contribution in [3.63, 3.8) is 0 Å². The van der Waals surface area contributed by atoms with Crippen molar-refractivity contribution in [2.24, 2.45) is 0 Å². The second kappa shape index (κ2) is 4.63. The number of hydrogen-bond acceptors (Lipinski definition) is 3. The number of carbonyl (C=O) groups excluding carboxylic acids is 1. The molecule has 0 saturated carbocycles. The van der Waals surface area contributed by atoms with Gasteiger partial charge in [-0.05, 0) is 54.2 Å². The lowest BCUT2D eigenvalue weighted by molar-refractivity contribution is -0.119. The lowest BCUT2D eigenvalue weighted by Crippen LogP contribution is -2.60. The van der Waals surface area contributed by atoms with Gasteiger partial charge < -0.3 is 10.0 Å². The number of benzene rings is 1. The molecule has 3 atom stereocenters. The Hall–Kier alpha value is -1.91. The lowest BCUT2D eigenvalue weighted by atomic mass is 9.60. The Kier molecular flexibility index (Phi) is 2.64. The molecule has 1 aliphatic carbocycles. The van der Waals surface area contributed by atoms with E-state index in [0.29, 0.717) is 12.5 Å². The fraction of sp³-hybridized carbons (Fsp3) is 0.476. The van der Waals surface area contributed by atoms with Crippen molar-refractivity contribution in [1.82, 2.24) is 4.90 Å². The highest BCUT2D eigenvalue weighted by Gasteiger charge is 2.65. The molecule has 1 spiro atoms. The monoisotopic (exact) mass is 334 g/mol. The number of carbonyl (C=O) groups is 1. The highest BCUT2D eigenvalue weighted by Crippen LogP contribution is 2.63. The van der Waals surface area contributed by atoms with Crippen LogP contribution in [0.5, 0.6) is 0 Å². The molecule has 128 valence electrons. The van der Waals surface area contributed by atoms with Crippen LogP contribution >= 0.6 is 0 Å². The maximum atomic E-state index is 12.9. The average Bonchev–Trinajstić information content (AvgIpc) is 3.17. The molecule has 1 N–H and O–H groups in total. The molecule has 4 heteroatoms. The Balaban J connectivity index is 1.67. The number of fused-ring (bicyclic) bond motifs is 3. The van der Waals surface area contributed by atoms with Crippen molar-refractivity contribution in [1.29, 1.82) is 0 Å². The van der Waals surface area contributed by atoms with E-state index >= 15 is 0 Å². The Morgan fingerprint density at radius 1 is 1.28 bits per heavy atom. The Bertz CT molecular complexity index is 870. The van der Waals surface area contributed by atoms with Crippen molar-refractivity contribution in [3.8, 4) is 0 Å². The van der Waals surface area contributed by atoms with Gasteiger partial charge in [-0.3, -0.25) is 9.69 Å². The second-order valence-corrected chi connectivity index (χ2v) is 8.08. The molecule has 5 aliphatic rings. The van der Waals surface area contributed by atoms with Gasteiger partial charge in [0.1, 0.15) is 0 Å². The van der Waals surface area contributed by atoms with Gasteiger partial charge in [0.05, 0.1) is 12.6 Å². The van der Waals surface area contributed by atoms with Gasteiger partial charge in [-0.25, -0.2) is 0 Å². The maximum Gasteiger partial charge on any atom is 0.227 e. The van der Waals surface area contributed by atoms with E-state index in [0.717, 1.165) is 38.0 Å². The summed E-state index contributed by atoms with van der Waals surface area (Å²) in [7, 11) is 0. The maximum absolute atomic E-state index is 12.9. The number of anilines is 1. The number of hydrogen-bond donors (Lipinski definition) is 1. The quantitative estimate of drug-likeness (QED) is 0.856. The van der Waals surface area contributed by atoms with E-state index in [4.69, 9.17) is 0 Å². The topological polar surface area (TPSA) is 43.8 Å². The van der Waals surface area contributed by atoms with Crippen LogP contribution < -0.4 is 4.90 Å². The van der Waals surface area contributed by atoms with Crippen molar-refractivity contribution < 1.29 is 9.90 Å². The summed E-state index contributed by atoms with van der Waals surface area (Å²) in [5, 5.41) is 9.50. The first-order chi connectivity index (χ1) is 12.3. The first-order valence-corrected chi connectivity index (χ1v) is 9.43. The first kappa shape index (κ1) is 14.3. The molecule has 0 aromatic heterocycles. The van der Waals surface area contributed by atoms with Crippen LogP contribution in [-0.4, -0.2) is 47.7 Å². The molecule has 4 aliphatic heterocycles. The molecular formula is C21H22N2O2. The van der Waals surface area contributed by atoms with Crippen LogP contribution in [0.2, 0.25) is 0 Å². The molecule has 4 heterocycles. The van der Waals surface area contributed by atoms with Crippen molar-refractivity contribution >= 4 is 11.6 Å². The Morgan fingerprint density at radius 2 is 2.16 bits per heavy atom. The minimum atomic E-state index is 0.0796. The number of aliphatic hydroxyl groups is 1. The predicted octanol–water partition coefficient (Wildman–Crippen LogP) is 2.14. The molecule has 1 aromatic carbocycles. The van der Waals surface area contributed by atoms with Gasteiger partial charge in [0.2, 0.25) is 5.91 Å². The molecule has 4 nitrogen and oxygen atoms in total. The number of piperidine rings is 2. The number of nitrogens with zero attached hydrogens (tertiary/aromatic N) is 2. The summed E-state index contributed by atoms with van der Waals surface area (Å²) < 4.78 is 0. The third-order valence-electron chi connectivity index (χ3n) is 7.35. The van der Waals surface area contributed by atoms with Gasteiger partial charge in [0, 0.05) is 30.1 Å². The molecule has 1 amide bonds. The van der Waals surface area contributed by atoms with Crippen LogP contribution in [0.25, 0.3) is 0 Å². The van der Waals surface area contributed by atoms with Crippen molar-refractivity contribution in [2.45, 2.75) is 43.2 Å². The minimum Gasteiger partial charge on any atom is -0.392 e. The van der Waals surface area contributed by atoms with E-state index in [9.17, 15) is 9.90 Å². The van der Waals surface area contributed by atoms with Gasteiger partial charge in [-0.2, -0.15) is 0 Å². The summed E-state index contributed by atoms with van der Waals surface area (Å²) >= 11 is 0. The third kappa shape index (κ3) is 1.50. The predicted molar refractivity (Wildman–Crippen MR) is 95.4 cm³/mol. The van der Waals surface area contributed by atoms with Crippen LogP contribution in [0.3, 0.4) is 0 Å². The van der Waals surface area contributed by atoms with Gasteiger partial charge in [-0.15, -0.1) is 0 Å². The summed E-state index contributed by atoms with van der Waals surface area (Å²) in [6.45, 7) is 2.14. The molecule has 1 aromatic rings. The number of para-hydroxylation sites is 1. The van der Waals surface area contributed by atoms with Crippen LogP contribution in [0.1, 0.15) is 31.2 Å². The fourth-order valence-electron chi connectivity index (χ4n) is 6.54. The summed E-state index contributed by atoms with van der Waals surface area (Å²) in [5.41, 5.74) is 6.85. The summed E-state index contributed by atoms with van der Waals surface area (Å²) in [4.78, 5) is 17.6. The molecule has 6 rings (SSSR count). The van der Waals surface area contributed by atoms with E-state index in [1.807, 2.05) is 6.08 Å². The zero-order chi connectivity index (χ0) is 16.8. The van der Waals surface area contributed by atoms with E-state index < -0.39 is 0 Å². The second-order valence-electron chi connectivity index (χ2n) is 8.08. The van der Waals surface area contributed by atoms with Gasteiger partial charge in [0.25, 0.3) is 0 Å². The van der Waals surface area contributed by atoms with Gasteiger partial charge >= 0.3 is 0 Å². The first-order valence-electron chi connectivity index (χ1n) is 9.43. The standard InChI is InChI=1S/C21H22N2O2/c24-10-7-13-12-22-9-8-21-16-3-1-2-4-17(16)23-19(25)6-5-14(20(21)23)15(13)11-18(21)22/h1-4,7,18,20,24H,5-6,8-12H2/b13-7-/t18-,20-,21+/m0/s1. The molecule has 0 unspecified atom stereocenters. The minimum absolute atomic E-state index is 0.0796. The van der Waals surface area contributed by atoms with Crippen LogP contribution in [0, 0.1) is 0 Å². The average molecular weight is 334 g/mol. The molecule has 2 bridgehead atoms. The van der Waals surface area contributed by atoms with E-state index in [1.54, 1.807) is 0 Å². The zero-order valence-corrected chi connectivity index (χ0v) is 14.2. The number of rotatable bonds is 1. The van der Waals surface area contributed by atoms with E-state index in [2.05, 4.69) is 34.1 Å². The highest BCUT2D eigenvalue weighted by molar-refractivity contribution is 6.00. The molecule has 3 saturated heterocycles. The number of amides is 1. The smallest absolute Gasteiger partial charge is 0.227 e. The van der Waals surface area contributed by atoms with Crippen molar-refractivity contribution in [3.05, 3.63) is 52.6 Å². The Labute approximate surface area is 147 Å². The fourth-order valence-corrected chi connectivity index (χ4v) is 6.54. The van der Waals surface area contributed by atoms with Crippen LogP contribution in [0.4, 0.5) is 5.69 Å². The Morgan fingerprint density at radius 3 is 3.04 bits per heavy atom.